The van der Waals surface area contributed by atoms with Gasteiger partial charge in [-0.3, -0.25) is 0 Å². The average molecular weight is 195 g/mol. The van der Waals surface area contributed by atoms with Crippen molar-refractivity contribution in [3.05, 3.63) is 29.5 Å². The van der Waals surface area contributed by atoms with E-state index in [4.69, 9.17) is 0 Å². The largest absolute Gasteiger partial charge is 0.227 e. The standard InChI is InChI=1S/C7H7N3S.C2H6/c1-6-4-9-10(5-6)7-8-2-3-11-7;1-2/h2-5H,1H3;1-2H3. The molecule has 0 saturated heterocycles. The van der Waals surface area contributed by atoms with Gasteiger partial charge in [-0.05, 0) is 12.5 Å². The molecule has 0 N–H and O–H groups in total. The number of thiazole rings is 1. The molecule has 13 heavy (non-hydrogen) atoms. The van der Waals surface area contributed by atoms with Gasteiger partial charge in [0.25, 0.3) is 0 Å². The highest BCUT2D eigenvalue weighted by Crippen LogP contribution is 2.09. The summed E-state index contributed by atoms with van der Waals surface area (Å²) in [7, 11) is 0. The van der Waals surface area contributed by atoms with Gasteiger partial charge in [-0.15, -0.1) is 11.3 Å². The van der Waals surface area contributed by atoms with Crippen molar-refractivity contribution in [2.45, 2.75) is 20.8 Å². The molecule has 2 heterocycles. The molecule has 0 radical (unpaired) electrons. The molecule has 0 saturated carbocycles. The Morgan fingerprint density at radius 3 is 2.62 bits per heavy atom. The molecule has 0 bridgehead atoms. The van der Waals surface area contributed by atoms with Gasteiger partial charge in [-0.25, -0.2) is 9.67 Å². The van der Waals surface area contributed by atoms with Gasteiger partial charge in [0.05, 0.1) is 6.20 Å². The first-order valence-corrected chi connectivity index (χ1v) is 5.15. The third kappa shape index (κ3) is 2.39. The Morgan fingerprint density at radius 1 is 1.38 bits per heavy atom. The molecule has 0 amide bonds. The van der Waals surface area contributed by atoms with Crippen molar-refractivity contribution < 1.29 is 0 Å². The van der Waals surface area contributed by atoms with E-state index in [1.807, 2.05) is 38.5 Å². The second-order valence-electron chi connectivity index (χ2n) is 2.28. The van der Waals surface area contributed by atoms with Crippen LogP contribution in [0, 0.1) is 6.92 Å². The van der Waals surface area contributed by atoms with Crippen LogP contribution < -0.4 is 0 Å². The number of hydrogen-bond acceptors (Lipinski definition) is 3. The Hall–Kier alpha value is -1.16. The van der Waals surface area contributed by atoms with E-state index in [2.05, 4.69) is 10.1 Å². The van der Waals surface area contributed by atoms with Crippen LogP contribution in [-0.2, 0) is 0 Å². The van der Waals surface area contributed by atoms with Crippen LogP contribution in [0.5, 0.6) is 0 Å². The van der Waals surface area contributed by atoms with Crippen LogP contribution in [0.25, 0.3) is 5.13 Å². The van der Waals surface area contributed by atoms with E-state index < -0.39 is 0 Å². The molecule has 0 atom stereocenters. The maximum atomic E-state index is 4.12. The highest BCUT2D eigenvalue weighted by molar-refractivity contribution is 7.12. The van der Waals surface area contributed by atoms with Crippen molar-refractivity contribution >= 4 is 11.3 Å². The molecule has 0 aliphatic rings. The predicted molar refractivity (Wildman–Crippen MR) is 55.3 cm³/mol. The Labute approximate surface area is 82.1 Å². The van der Waals surface area contributed by atoms with Crippen molar-refractivity contribution in [1.29, 1.82) is 0 Å². The van der Waals surface area contributed by atoms with Gasteiger partial charge in [-0.1, -0.05) is 13.8 Å². The lowest BCUT2D eigenvalue weighted by molar-refractivity contribution is 0.869. The minimum absolute atomic E-state index is 0.915. The number of aryl methyl sites for hydroxylation is 1. The highest BCUT2D eigenvalue weighted by atomic mass is 32.1. The van der Waals surface area contributed by atoms with Gasteiger partial charge in [0.15, 0.2) is 0 Å². The molecule has 2 aromatic heterocycles. The molecule has 70 valence electrons. The molecule has 2 aromatic rings. The summed E-state index contributed by atoms with van der Waals surface area (Å²) in [5.41, 5.74) is 1.15. The lowest BCUT2D eigenvalue weighted by atomic mass is 10.4. The minimum Gasteiger partial charge on any atom is -0.227 e. The van der Waals surface area contributed by atoms with E-state index in [0.29, 0.717) is 0 Å². The van der Waals surface area contributed by atoms with E-state index in [1.165, 1.54) is 0 Å². The number of aromatic nitrogens is 3. The van der Waals surface area contributed by atoms with Crippen molar-refractivity contribution in [2.24, 2.45) is 0 Å². The molecular weight excluding hydrogens is 182 g/mol. The summed E-state index contributed by atoms with van der Waals surface area (Å²) in [6.07, 6.45) is 5.55. The first kappa shape index (κ1) is 9.92. The van der Waals surface area contributed by atoms with E-state index in [1.54, 1.807) is 22.2 Å². The summed E-state index contributed by atoms with van der Waals surface area (Å²) in [6.45, 7) is 6.01. The molecule has 0 unspecified atom stereocenters. The average Bonchev–Trinajstić information content (AvgIpc) is 2.77. The van der Waals surface area contributed by atoms with Crippen LogP contribution >= 0.6 is 11.3 Å². The zero-order chi connectivity index (χ0) is 9.68. The third-order valence-corrected chi connectivity index (χ3v) is 2.09. The van der Waals surface area contributed by atoms with Gasteiger partial charge in [0.1, 0.15) is 0 Å². The first-order valence-electron chi connectivity index (χ1n) is 4.27. The van der Waals surface area contributed by atoms with Crippen molar-refractivity contribution in [2.75, 3.05) is 0 Å². The summed E-state index contributed by atoms with van der Waals surface area (Å²) in [4.78, 5) is 4.12. The number of rotatable bonds is 1. The van der Waals surface area contributed by atoms with E-state index in [0.717, 1.165) is 10.7 Å². The Bertz CT molecular complexity index is 337. The van der Waals surface area contributed by atoms with E-state index in [-0.39, 0.29) is 0 Å². The predicted octanol–water partition coefficient (Wildman–Crippen LogP) is 2.66. The van der Waals surface area contributed by atoms with Gasteiger partial charge in [0, 0.05) is 17.8 Å². The van der Waals surface area contributed by atoms with Gasteiger partial charge in [-0.2, -0.15) is 5.10 Å². The molecule has 4 heteroatoms. The van der Waals surface area contributed by atoms with Crippen LogP contribution in [-0.4, -0.2) is 14.8 Å². The molecule has 0 aromatic carbocycles. The highest BCUT2D eigenvalue weighted by Gasteiger charge is 1.98. The Balaban J connectivity index is 0.000000396. The molecule has 0 fully saturated rings. The molecule has 0 aliphatic carbocycles. The summed E-state index contributed by atoms with van der Waals surface area (Å²) >= 11 is 1.58. The quantitative estimate of drug-likeness (QED) is 0.700. The van der Waals surface area contributed by atoms with E-state index in [9.17, 15) is 0 Å². The van der Waals surface area contributed by atoms with Crippen molar-refractivity contribution in [3.8, 4) is 5.13 Å². The Morgan fingerprint density at radius 2 is 2.15 bits per heavy atom. The van der Waals surface area contributed by atoms with Crippen molar-refractivity contribution in [1.82, 2.24) is 14.8 Å². The lowest BCUT2D eigenvalue weighted by Gasteiger charge is -1.90. The molecular formula is C9H13N3S. The topological polar surface area (TPSA) is 30.7 Å². The fourth-order valence-electron chi connectivity index (χ4n) is 0.846. The molecule has 3 nitrogen and oxygen atoms in total. The second-order valence-corrected chi connectivity index (χ2v) is 3.15. The summed E-state index contributed by atoms with van der Waals surface area (Å²) in [5, 5.41) is 6.97. The minimum atomic E-state index is 0.915. The zero-order valence-corrected chi connectivity index (χ0v) is 8.88. The molecule has 0 spiro atoms. The maximum Gasteiger partial charge on any atom is 0.210 e. The number of hydrogen-bond donors (Lipinski definition) is 0. The lowest BCUT2D eigenvalue weighted by Crippen LogP contribution is -1.91. The van der Waals surface area contributed by atoms with Crippen LogP contribution in [0.1, 0.15) is 19.4 Å². The second kappa shape index (κ2) is 4.77. The summed E-state index contributed by atoms with van der Waals surface area (Å²) < 4.78 is 1.78. The maximum absolute atomic E-state index is 4.12. The van der Waals surface area contributed by atoms with Crippen LogP contribution in [0.4, 0.5) is 0 Å². The zero-order valence-electron chi connectivity index (χ0n) is 8.06. The fraction of sp³-hybridized carbons (Fsp3) is 0.333. The Kier molecular flexibility index (Phi) is 3.64. The summed E-state index contributed by atoms with van der Waals surface area (Å²) in [6, 6.07) is 0. The molecule has 2 rings (SSSR count). The van der Waals surface area contributed by atoms with Gasteiger partial charge >= 0.3 is 0 Å². The monoisotopic (exact) mass is 195 g/mol. The van der Waals surface area contributed by atoms with Gasteiger partial charge < -0.3 is 0 Å². The number of nitrogens with zero attached hydrogens (tertiary/aromatic N) is 3. The third-order valence-electron chi connectivity index (χ3n) is 1.33. The van der Waals surface area contributed by atoms with E-state index >= 15 is 0 Å². The van der Waals surface area contributed by atoms with Crippen molar-refractivity contribution in [3.63, 3.8) is 0 Å². The van der Waals surface area contributed by atoms with Crippen LogP contribution in [0.2, 0.25) is 0 Å². The SMILES string of the molecule is CC.Cc1cnn(-c2nccs2)c1. The van der Waals surface area contributed by atoms with Crippen LogP contribution in [0.3, 0.4) is 0 Å². The fourth-order valence-corrected chi connectivity index (χ4v) is 1.42. The normalized spacial score (nSPS) is 9.15. The van der Waals surface area contributed by atoms with Gasteiger partial charge in [0.2, 0.25) is 5.13 Å². The smallest absolute Gasteiger partial charge is 0.210 e. The first-order chi connectivity index (χ1) is 6.36. The summed E-state index contributed by atoms with van der Waals surface area (Å²) in [5.74, 6) is 0. The molecule has 0 aliphatic heterocycles. The van der Waals surface area contributed by atoms with Crippen LogP contribution in [0.15, 0.2) is 24.0 Å².